The summed E-state index contributed by atoms with van der Waals surface area (Å²) in [5.41, 5.74) is 7.81. The van der Waals surface area contributed by atoms with Gasteiger partial charge in [-0.25, -0.2) is 0 Å². The van der Waals surface area contributed by atoms with Crippen LogP contribution in [0.5, 0.6) is 5.75 Å². The van der Waals surface area contributed by atoms with E-state index >= 15 is 0 Å². The number of nitrogens with zero attached hydrogens (tertiary/aromatic N) is 1. The van der Waals surface area contributed by atoms with Gasteiger partial charge in [-0.1, -0.05) is 24.6 Å². The van der Waals surface area contributed by atoms with Crippen molar-refractivity contribution in [1.82, 2.24) is 4.90 Å². The van der Waals surface area contributed by atoms with Crippen molar-refractivity contribution in [3.8, 4) is 5.75 Å². The van der Waals surface area contributed by atoms with Crippen LogP contribution in [0.2, 0.25) is 0 Å². The number of para-hydroxylation sites is 1. The van der Waals surface area contributed by atoms with Gasteiger partial charge in [0, 0.05) is 30.7 Å². The quantitative estimate of drug-likeness (QED) is 0.928. The lowest BCUT2D eigenvalue weighted by atomic mass is 10.0. The van der Waals surface area contributed by atoms with Gasteiger partial charge in [-0.15, -0.1) is 0 Å². The van der Waals surface area contributed by atoms with Gasteiger partial charge in [-0.3, -0.25) is 4.90 Å². The molecule has 4 rings (SSSR count). The Balaban J connectivity index is 1.56. The van der Waals surface area contributed by atoms with Crippen molar-refractivity contribution in [2.75, 3.05) is 13.7 Å². The van der Waals surface area contributed by atoms with Crippen molar-refractivity contribution in [2.45, 2.75) is 44.3 Å². The van der Waals surface area contributed by atoms with Crippen molar-refractivity contribution < 1.29 is 4.74 Å². The van der Waals surface area contributed by atoms with Crippen molar-refractivity contribution in [3.05, 3.63) is 29.8 Å². The molecule has 21 heavy (non-hydrogen) atoms. The van der Waals surface area contributed by atoms with Gasteiger partial charge >= 0.3 is 0 Å². The van der Waals surface area contributed by atoms with Crippen molar-refractivity contribution in [1.29, 1.82) is 0 Å². The molecular weight excluding hydrogens is 260 g/mol. The van der Waals surface area contributed by atoms with Crippen LogP contribution in [0.3, 0.4) is 0 Å². The van der Waals surface area contributed by atoms with Gasteiger partial charge in [-0.2, -0.15) is 0 Å². The monoisotopic (exact) mass is 286 g/mol. The number of methoxy groups -OCH3 is 1. The van der Waals surface area contributed by atoms with Crippen LogP contribution >= 0.6 is 0 Å². The molecular formula is C18H26N2O. The molecule has 1 heterocycles. The molecule has 1 aromatic rings. The Hall–Kier alpha value is -1.06. The first kappa shape index (κ1) is 13.6. The topological polar surface area (TPSA) is 38.5 Å². The van der Waals surface area contributed by atoms with Gasteiger partial charge < -0.3 is 10.5 Å². The molecule has 3 heteroatoms. The highest BCUT2D eigenvalue weighted by Crippen LogP contribution is 2.57. The summed E-state index contributed by atoms with van der Waals surface area (Å²) in [4.78, 5) is 2.64. The first-order valence-corrected chi connectivity index (χ1v) is 8.39. The zero-order chi connectivity index (χ0) is 14.4. The molecule has 3 fully saturated rings. The Bertz CT molecular complexity index is 518. The normalized spacial score (nSPS) is 38.5. The van der Waals surface area contributed by atoms with Crippen LogP contribution in [0.25, 0.3) is 0 Å². The van der Waals surface area contributed by atoms with E-state index in [1.54, 1.807) is 7.11 Å². The first-order chi connectivity index (χ1) is 10.3. The Morgan fingerprint density at radius 3 is 2.95 bits per heavy atom. The van der Waals surface area contributed by atoms with Crippen LogP contribution in [0, 0.1) is 17.8 Å². The molecule has 5 atom stereocenters. The van der Waals surface area contributed by atoms with Crippen LogP contribution in [0.4, 0.5) is 0 Å². The van der Waals surface area contributed by atoms with E-state index in [-0.39, 0.29) is 0 Å². The van der Waals surface area contributed by atoms with Crippen LogP contribution < -0.4 is 10.5 Å². The summed E-state index contributed by atoms with van der Waals surface area (Å²) in [7, 11) is 1.76. The summed E-state index contributed by atoms with van der Waals surface area (Å²) in [6, 6.07) is 9.50. The van der Waals surface area contributed by atoms with Crippen LogP contribution in [0.1, 0.15) is 31.2 Å². The van der Waals surface area contributed by atoms with Gasteiger partial charge in [-0.05, 0) is 43.1 Å². The van der Waals surface area contributed by atoms with Crippen LogP contribution in [0.15, 0.2) is 24.3 Å². The Labute approximate surface area is 127 Å². The van der Waals surface area contributed by atoms with Crippen LogP contribution in [-0.4, -0.2) is 30.6 Å². The van der Waals surface area contributed by atoms with Crippen molar-refractivity contribution >= 4 is 0 Å². The average molecular weight is 286 g/mol. The van der Waals surface area contributed by atoms with Gasteiger partial charge in [0.2, 0.25) is 0 Å². The number of hydrogen-bond donors (Lipinski definition) is 1. The minimum atomic E-state index is 0.373. The molecule has 1 saturated heterocycles. The molecule has 2 aliphatic carbocycles. The van der Waals surface area contributed by atoms with Gasteiger partial charge in [0.1, 0.15) is 5.75 Å². The second-order valence-electron chi connectivity index (χ2n) is 7.13. The van der Waals surface area contributed by atoms with E-state index in [1.807, 2.05) is 6.07 Å². The molecule has 1 aliphatic heterocycles. The summed E-state index contributed by atoms with van der Waals surface area (Å²) in [6.45, 7) is 2.03. The third-order valence-electron chi connectivity index (χ3n) is 6.04. The van der Waals surface area contributed by atoms with Crippen molar-refractivity contribution in [2.24, 2.45) is 23.5 Å². The maximum Gasteiger partial charge on any atom is 0.123 e. The van der Waals surface area contributed by atoms with Crippen molar-refractivity contribution in [3.63, 3.8) is 0 Å². The number of hydrogen-bond acceptors (Lipinski definition) is 3. The molecule has 0 spiro atoms. The van der Waals surface area contributed by atoms with Gasteiger partial charge in [0.05, 0.1) is 7.11 Å². The summed E-state index contributed by atoms with van der Waals surface area (Å²) in [5.74, 6) is 3.70. The van der Waals surface area contributed by atoms with Crippen LogP contribution in [-0.2, 0) is 6.54 Å². The second kappa shape index (κ2) is 5.29. The Morgan fingerprint density at radius 2 is 2.10 bits per heavy atom. The molecule has 1 aromatic carbocycles. The number of ether oxygens (including phenoxy) is 1. The van der Waals surface area contributed by atoms with E-state index in [0.29, 0.717) is 6.04 Å². The van der Waals surface area contributed by atoms with E-state index in [2.05, 4.69) is 23.1 Å². The highest BCUT2D eigenvalue weighted by atomic mass is 16.5. The van der Waals surface area contributed by atoms with E-state index in [1.165, 1.54) is 31.2 Å². The van der Waals surface area contributed by atoms with E-state index in [4.69, 9.17) is 10.5 Å². The fraction of sp³-hybridized carbons (Fsp3) is 0.667. The molecule has 0 radical (unpaired) electrons. The number of benzene rings is 1. The largest absolute Gasteiger partial charge is 0.496 e. The highest BCUT2D eigenvalue weighted by molar-refractivity contribution is 5.33. The lowest BCUT2D eigenvalue weighted by Crippen LogP contribution is -2.42. The molecule has 5 unspecified atom stereocenters. The Kier molecular flexibility index (Phi) is 3.43. The summed E-state index contributed by atoms with van der Waals surface area (Å²) in [6.07, 6.45) is 5.53. The zero-order valence-electron chi connectivity index (χ0n) is 12.9. The molecule has 0 amide bonds. The second-order valence-corrected chi connectivity index (χ2v) is 7.13. The molecule has 3 aliphatic rings. The fourth-order valence-electron chi connectivity index (χ4n) is 4.99. The number of nitrogens with two attached hydrogens (primary N) is 1. The SMILES string of the molecule is COc1ccccc1CN1CC(N)C2C3CCCC1CC32. The van der Waals surface area contributed by atoms with E-state index in [0.717, 1.165) is 42.6 Å². The maximum absolute atomic E-state index is 6.52. The molecule has 2 bridgehead atoms. The van der Waals surface area contributed by atoms with E-state index in [9.17, 15) is 0 Å². The highest BCUT2D eigenvalue weighted by Gasteiger charge is 2.56. The third kappa shape index (κ3) is 2.36. The first-order valence-electron chi connectivity index (χ1n) is 8.39. The number of rotatable bonds is 3. The van der Waals surface area contributed by atoms with E-state index < -0.39 is 0 Å². The summed E-state index contributed by atoms with van der Waals surface area (Å²) in [5, 5.41) is 0. The molecule has 2 N–H and O–H groups in total. The summed E-state index contributed by atoms with van der Waals surface area (Å²) < 4.78 is 5.52. The predicted octanol–water partition coefficient (Wildman–Crippen LogP) is 2.64. The fourth-order valence-corrected chi connectivity index (χ4v) is 4.99. The number of fused-ring (bicyclic) bond motifs is 2. The molecule has 3 nitrogen and oxygen atoms in total. The standard InChI is InChI=1S/C18H26N2O/c1-21-17-8-3-2-5-12(17)10-20-11-16(19)18-14-7-4-6-13(20)9-15(14)18/h2-3,5,8,13-16,18H,4,6-7,9-11,19H2,1H3. The predicted molar refractivity (Wildman–Crippen MR) is 84.1 cm³/mol. The Morgan fingerprint density at radius 1 is 1.24 bits per heavy atom. The lowest BCUT2D eigenvalue weighted by Gasteiger charge is -2.31. The minimum Gasteiger partial charge on any atom is -0.496 e. The van der Waals surface area contributed by atoms with Gasteiger partial charge in [0.25, 0.3) is 0 Å². The molecule has 114 valence electrons. The zero-order valence-corrected chi connectivity index (χ0v) is 12.9. The summed E-state index contributed by atoms with van der Waals surface area (Å²) >= 11 is 0. The third-order valence-corrected chi connectivity index (χ3v) is 6.04. The molecule has 2 saturated carbocycles. The average Bonchev–Trinajstić information content (AvgIpc) is 3.21. The molecule has 0 aromatic heterocycles. The lowest BCUT2D eigenvalue weighted by molar-refractivity contribution is 0.167. The minimum absolute atomic E-state index is 0.373. The van der Waals surface area contributed by atoms with Gasteiger partial charge in [0.15, 0.2) is 0 Å². The number of likely N-dealkylation sites (tertiary alicyclic amines) is 1. The maximum atomic E-state index is 6.52. The smallest absolute Gasteiger partial charge is 0.123 e.